The van der Waals surface area contributed by atoms with Crippen molar-refractivity contribution >= 4 is 38.6 Å². The first-order chi connectivity index (χ1) is 9.72. The topological polar surface area (TPSA) is 55.7 Å². The van der Waals surface area contributed by atoms with Crippen LogP contribution in [-0.2, 0) is 20.5 Å². The normalized spacial score (nSPS) is 13.6. The zero-order chi connectivity index (χ0) is 16.2. The number of esters is 1. The molecule has 0 N–H and O–H groups in total. The molecule has 0 saturated carbocycles. The van der Waals surface area contributed by atoms with E-state index in [9.17, 15) is 13.4 Å². The second-order valence-corrected chi connectivity index (χ2v) is 7.44. The van der Waals surface area contributed by atoms with Gasteiger partial charge in [0.15, 0.2) is 5.71 Å². The molecule has 0 heterocycles. The van der Waals surface area contributed by atoms with Crippen molar-refractivity contribution in [1.29, 1.82) is 0 Å². The van der Waals surface area contributed by atoms with Gasteiger partial charge in [0.25, 0.3) is 0 Å². The summed E-state index contributed by atoms with van der Waals surface area (Å²) in [5, 5.41) is -0.290. The monoisotopic (exact) mass is 377 g/mol. The van der Waals surface area contributed by atoms with Crippen LogP contribution >= 0.6 is 15.9 Å². The summed E-state index contributed by atoms with van der Waals surface area (Å²) in [5.74, 6) is -1.42. The Bertz CT molecular complexity index is 588. The molecule has 0 fully saturated rings. The van der Waals surface area contributed by atoms with Crippen LogP contribution in [0.3, 0.4) is 0 Å². The van der Waals surface area contributed by atoms with Crippen molar-refractivity contribution in [3.05, 3.63) is 34.1 Å². The Morgan fingerprint density at radius 1 is 1.33 bits per heavy atom. The summed E-state index contributed by atoms with van der Waals surface area (Å²) in [5.41, 5.74) is -0.307. The molecular formula is C14H17BrFNO3S. The Morgan fingerprint density at radius 2 is 1.95 bits per heavy atom. The van der Waals surface area contributed by atoms with Gasteiger partial charge in [-0.1, -0.05) is 15.9 Å². The minimum Gasteiger partial charge on any atom is -0.458 e. The van der Waals surface area contributed by atoms with E-state index in [1.807, 2.05) is 0 Å². The lowest BCUT2D eigenvalue weighted by atomic mass is 10.1. The zero-order valence-electron chi connectivity index (χ0n) is 12.2. The fraction of sp³-hybridized carbons (Fsp3) is 0.429. The van der Waals surface area contributed by atoms with Crippen molar-refractivity contribution in [3.63, 3.8) is 0 Å². The number of halogens is 2. The Labute approximate surface area is 134 Å². The molecule has 7 heteroatoms. The first-order valence-corrected chi connectivity index (χ1v) is 8.34. The number of hydrogen-bond donors (Lipinski definition) is 0. The lowest BCUT2D eigenvalue weighted by molar-refractivity contribution is -0.138. The van der Waals surface area contributed by atoms with Gasteiger partial charge >= 0.3 is 5.97 Å². The number of hydrogen-bond acceptors (Lipinski definition) is 3. The largest absolute Gasteiger partial charge is 0.458 e. The molecule has 116 valence electrons. The zero-order valence-corrected chi connectivity index (χ0v) is 14.6. The third kappa shape index (κ3) is 5.32. The average Bonchev–Trinajstić information content (AvgIpc) is 2.37. The Balaban J connectivity index is 3.34. The van der Waals surface area contributed by atoms with E-state index in [2.05, 4.69) is 20.3 Å². The Morgan fingerprint density at radius 3 is 2.48 bits per heavy atom. The number of ether oxygens (including phenoxy) is 1. The van der Waals surface area contributed by atoms with Gasteiger partial charge in [0.1, 0.15) is 16.8 Å². The van der Waals surface area contributed by atoms with E-state index in [1.54, 1.807) is 27.7 Å². The van der Waals surface area contributed by atoms with Crippen molar-refractivity contribution in [2.75, 3.05) is 0 Å². The van der Waals surface area contributed by atoms with Gasteiger partial charge in [-0.3, -0.25) is 0 Å². The third-order valence-corrected chi connectivity index (χ3v) is 3.97. The van der Waals surface area contributed by atoms with E-state index in [0.29, 0.717) is 4.47 Å². The van der Waals surface area contributed by atoms with Crippen molar-refractivity contribution in [2.45, 2.75) is 39.0 Å². The van der Waals surface area contributed by atoms with Crippen LogP contribution in [-0.4, -0.2) is 27.2 Å². The molecule has 0 saturated heterocycles. The summed E-state index contributed by atoms with van der Waals surface area (Å²) in [7, 11) is -1.65. The van der Waals surface area contributed by atoms with Crippen LogP contribution in [0.2, 0.25) is 0 Å². The predicted molar refractivity (Wildman–Crippen MR) is 85.1 cm³/mol. The fourth-order valence-corrected chi connectivity index (χ4v) is 2.27. The quantitative estimate of drug-likeness (QED) is 0.583. The maximum atomic E-state index is 14.0. The summed E-state index contributed by atoms with van der Waals surface area (Å²) >= 11 is 3.21. The second kappa shape index (κ2) is 7.79. The number of carbonyl (C=O) groups excluding carboxylic acids is 1. The molecule has 1 atom stereocenters. The highest BCUT2D eigenvalue weighted by molar-refractivity contribution is 9.10. The van der Waals surface area contributed by atoms with Crippen LogP contribution in [0.4, 0.5) is 4.39 Å². The molecule has 0 spiro atoms. The number of rotatable bonds is 5. The molecule has 21 heavy (non-hydrogen) atoms. The molecule has 0 amide bonds. The van der Waals surface area contributed by atoms with Crippen LogP contribution in [0.15, 0.2) is 27.1 Å². The third-order valence-electron chi connectivity index (χ3n) is 2.30. The Kier molecular flexibility index (Phi) is 6.67. The highest BCUT2D eigenvalue weighted by atomic mass is 79.9. The minimum atomic E-state index is -1.65. The second-order valence-electron chi connectivity index (χ2n) is 4.84. The van der Waals surface area contributed by atoms with Crippen LogP contribution in [0.1, 0.15) is 33.3 Å². The molecule has 1 rings (SSSR count). The van der Waals surface area contributed by atoms with Gasteiger partial charge in [-0.2, -0.15) is 4.40 Å². The number of carbonyl (C=O) groups is 1. The summed E-state index contributed by atoms with van der Waals surface area (Å²) in [6, 6.07) is 4.12. The molecular weight excluding hydrogens is 361 g/mol. The van der Waals surface area contributed by atoms with E-state index in [1.165, 1.54) is 18.2 Å². The lowest BCUT2D eigenvalue weighted by Crippen LogP contribution is -2.24. The predicted octanol–water partition coefficient (Wildman–Crippen LogP) is 3.40. The molecule has 0 aliphatic heterocycles. The maximum absolute atomic E-state index is 14.0. The van der Waals surface area contributed by atoms with Gasteiger partial charge < -0.3 is 4.74 Å². The van der Waals surface area contributed by atoms with Crippen LogP contribution < -0.4 is 0 Å². The van der Waals surface area contributed by atoms with Crippen molar-refractivity contribution in [3.8, 4) is 0 Å². The summed E-state index contributed by atoms with van der Waals surface area (Å²) in [4.78, 5) is 12.1. The van der Waals surface area contributed by atoms with E-state index >= 15 is 0 Å². The van der Waals surface area contributed by atoms with E-state index in [4.69, 9.17) is 4.74 Å². The minimum absolute atomic E-state index is 0.0379. The van der Waals surface area contributed by atoms with Gasteiger partial charge in [-0.15, -0.1) is 0 Å². The first-order valence-electron chi connectivity index (χ1n) is 6.38. The molecule has 0 aliphatic carbocycles. The van der Waals surface area contributed by atoms with Crippen LogP contribution in [0, 0.1) is 5.82 Å². The number of benzene rings is 1. The van der Waals surface area contributed by atoms with E-state index in [0.717, 1.165) is 0 Å². The number of nitrogens with zero attached hydrogens (tertiary/aromatic N) is 1. The smallest absolute Gasteiger partial charge is 0.358 e. The van der Waals surface area contributed by atoms with Gasteiger partial charge in [-0.05, 0) is 45.9 Å². The van der Waals surface area contributed by atoms with Crippen LogP contribution in [0.5, 0.6) is 0 Å². The van der Waals surface area contributed by atoms with E-state index < -0.39 is 22.8 Å². The molecule has 1 aromatic carbocycles. The van der Waals surface area contributed by atoms with Gasteiger partial charge in [0, 0.05) is 10.0 Å². The van der Waals surface area contributed by atoms with Gasteiger partial charge in [-0.25, -0.2) is 13.4 Å². The maximum Gasteiger partial charge on any atom is 0.358 e. The summed E-state index contributed by atoms with van der Waals surface area (Å²) in [6.07, 6.45) is -0.384. The molecule has 0 aromatic heterocycles. The van der Waals surface area contributed by atoms with E-state index in [-0.39, 0.29) is 22.6 Å². The van der Waals surface area contributed by atoms with Crippen molar-refractivity contribution in [2.24, 2.45) is 4.40 Å². The summed E-state index contributed by atoms with van der Waals surface area (Å²) < 4.78 is 35.3. The van der Waals surface area contributed by atoms with Crippen LogP contribution in [0.25, 0.3) is 0 Å². The molecule has 0 radical (unpaired) electrons. The molecule has 0 aliphatic rings. The highest BCUT2D eigenvalue weighted by Gasteiger charge is 2.22. The average molecular weight is 378 g/mol. The standard InChI is InChI=1S/C14H17BrFNO3S/c1-8(2)20-14(18)13(17-21(19)9(3)4)11-7-10(15)5-6-12(11)16/h5-9H,1-4H3. The van der Waals surface area contributed by atoms with Crippen molar-refractivity contribution < 1.29 is 18.1 Å². The Hall–Kier alpha value is -1.08. The lowest BCUT2D eigenvalue weighted by Gasteiger charge is -2.11. The molecule has 1 aromatic rings. The van der Waals surface area contributed by atoms with Gasteiger partial charge in [0.05, 0.1) is 11.4 Å². The fourth-order valence-electron chi connectivity index (χ4n) is 1.34. The first kappa shape index (κ1) is 18.0. The van der Waals surface area contributed by atoms with Gasteiger partial charge in [0.2, 0.25) is 0 Å². The molecule has 1 unspecified atom stereocenters. The highest BCUT2D eigenvalue weighted by Crippen LogP contribution is 2.18. The van der Waals surface area contributed by atoms with Crippen molar-refractivity contribution in [1.82, 2.24) is 0 Å². The molecule has 4 nitrogen and oxygen atoms in total. The summed E-state index contributed by atoms with van der Waals surface area (Å²) in [6.45, 7) is 6.74. The SMILES string of the molecule is CC(C)OC(=O)C(=NS(=O)C(C)C)c1cc(Br)ccc1F. The molecule has 0 bridgehead atoms.